The Morgan fingerprint density at radius 2 is 2.00 bits per heavy atom. The smallest absolute Gasteiger partial charge is 0.129 e. The highest BCUT2D eigenvalue weighted by molar-refractivity contribution is 9.10. The molecule has 0 aromatic heterocycles. The quantitative estimate of drug-likeness (QED) is 0.642. The van der Waals surface area contributed by atoms with Gasteiger partial charge in [-0.15, -0.1) is 0 Å². The molecule has 0 fully saturated rings. The molecule has 0 amide bonds. The first-order valence-corrected chi connectivity index (χ1v) is 8.04. The second kappa shape index (κ2) is 7.03. The Morgan fingerprint density at radius 1 is 1.25 bits per heavy atom. The lowest BCUT2D eigenvalue weighted by Gasteiger charge is -2.18. The maximum Gasteiger partial charge on any atom is 0.129 e. The topological polar surface area (TPSA) is 12.0 Å². The van der Waals surface area contributed by atoms with Crippen molar-refractivity contribution in [3.05, 3.63) is 67.3 Å². The molecule has 1 nitrogen and oxygen atoms in total. The van der Waals surface area contributed by atoms with Crippen LogP contribution in [0.5, 0.6) is 0 Å². The first kappa shape index (κ1) is 16.0. The molecule has 2 aromatic rings. The van der Waals surface area contributed by atoms with Crippen molar-refractivity contribution in [1.82, 2.24) is 5.32 Å². The van der Waals surface area contributed by atoms with E-state index >= 15 is 0 Å². The normalized spacial score (nSPS) is 12.4. The van der Waals surface area contributed by atoms with Crippen LogP contribution >= 0.6 is 43.5 Å². The average molecular weight is 422 g/mol. The summed E-state index contributed by atoms with van der Waals surface area (Å²) in [5, 5.41) is 3.65. The lowest BCUT2D eigenvalue weighted by atomic mass is 9.98. The molecule has 1 N–H and O–H groups in total. The number of rotatable bonds is 4. The minimum absolute atomic E-state index is 0.130. The van der Waals surface area contributed by atoms with Crippen molar-refractivity contribution in [1.29, 1.82) is 0 Å². The summed E-state index contributed by atoms with van der Waals surface area (Å²) in [4.78, 5) is 0. The van der Waals surface area contributed by atoms with Crippen LogP contribution in [0, 0.1) is 5.82 Å². The average Bonchev–Trinajstić information content (AvgIpc) is 2.40. The van der Waals surface area contributed by atoms with E-state index in [9.17, 15) is 4.39 Å². The second-order valence-electron chi connectivity index (χ2n) is 4.46. The number of hydrogen-bond acceptors (Lipinski definition) is 1. The molecule has 5 heteroatoms. The van der Waals surface area contributed by atoms with Crippen molar-refractivity contribution < 1.29 is 4.39 Å². The van der Waals surface area contributed by atoms with Gasteiger partial charge in [0.15, 0.2) is 0 Å². The van der Waals surface area contributed by atoms with Crippen LogP contribution in [0.15, 0.2) is 45.3 Å². The van der Waals surface area contributed by atoms with Crippen molar-refractivity contribution in [3.8, 4) is 0 Å². The highest BCUT2D eigenvalue weighted by Gasteiger charge is 2.17. The minimum atomic E-state index is -0.268. The van der Waals surface area contributed by atoms with Gasteiger partial charge in [-0.2, -0.15) is 0 Å². The third-order valence-corrected chi connectivity index (χ3v) is 4.78. The van der Waals surface area contributed by atoms with Gasteiger partial charge in [0.05, 0.1) is 5.02 Å². The zero-order valence-corrected chi connectivity index (χ0v) is 14.7. The maximum absolute atomic E-state index is 14.1. The SMILES string of the molecule is CNC(Cc1cccc(Br)c1)c1cc(Cl)c(Br)cc1F. The van der Waals surface area contributed by atoms with Crippen LogP contribution in [-0.4, -0.2) is 7.05 Å². The monoisotopic (exact) mass is 419 g/mol. The van der Waals surface area contributed by atoms with Crippen LogP contribution in [0.2, 0.25) is 5.02 Å². The number of halogens is 4. The van der Waals surface area contributed by atoms with Crippen LogP contribution in [-0.2, 0) is 6.42 Å². The van der Waals surface area contributed by atoms with E-state index in [1.54, 1.807) is 6.07 Å². The van der Waals surface area contributed by atoms with E-state index in [4.69, 9.17) is 11.6 Å². The van der Waals surface area contributed by atoms with E-state index in [0.717, 1.165) is 10.0 Å². The van der Waals surface area contributed by atoms with Crippen LogP contribution in [0.25, 0.3) is 0 Å². The van der Waals surface area contributed by atoms with Gasteiger partial charge in [0.2, 0.25) is 0 Å². The first-order valence-electron chi connectivity index (χ1n) is 6.07. The molecule has 20 heavy (non-hydrogen) atoms. The summed E-state index contributed by atoms with van der Waals surface area (Å²) >= 11 is 12.7. The molecule has 0 aliphatic carbocycles. The van der Waals surface area contributed by atoms with E-state index in [0.29, 0.717) is 21.5 Å². The van der Waals surface area contributed by atoms with Crippen LogP contribution < -0.4 is 5.32 Å². The number of nitrogens with one attached hydrogen (secondary N) is 1. The molecular weight excluding hydrogens is 408 g/mol. The summed E-state index contributed by atoms with van der Waals surface area (Å²) in [7, 11) is 1.82. The largest absolute Gasteiger partial charge is 0.313 e. The van der Waals surface area contributed by atoms with Gasteiger partial charge in [0, 0.05) is 20.6 Å². The van der Waals surface area contributed by atoms with E-state index in [1.807, 2.05) is 31.3 Å². The van der Waals surface area contributed by atoms with E-state index in [2.05, 4.69) is 37.2 Å². The predicted octanol–water partition coefficient (Wildman–Crippen LogP) is 5.51. The fourth-order valence-corrected chi connectivity index (χ4v) is 3.01. The van der Waals surface area contributed by atoms with Gasteiger partial charge in [0.25, 0.3) is 0 Å². The van der Waals surface area contributed by atoms with Crippen LogP contribution in [0.1, 0.15) is 17.2 Å². The Kier molecular flexibility index (Phi) is 5.61. The minimum Gasteiger partial charge on any atom is -0.313 e. The molecule has 0 spiro atoms. The van der Waals surface area contributed by atoms with E-state index < -0.39 is 0 Å². The Hall–Kier alpha value is -0.420. The van der Waals surface area contributed by atoms with Gasteiger partial charge < -0.3 is 5.32 Å². The number of hydrogen-bond donors (Lipinski definition) is 1. The summed E-state index contributed by atoms with van der Waals surface area (Å²) in [5.41, 5.74) is 1.69. The highest BCUT2D eigenvalue weighted by atomic mass is 79.9. The molecule has 0 saturated carbocycles. The van der Waals surface area contributed by atoms with Gasteiger partial charge >= 0.3 is 0 Å². The van der Waals surface area contributed by atoms with Gasteiger partial charge in [-0.3, -0.25) is 0 Å². The summed E-state index contributed by atoms with van der Waals surface area (Å²) in [6.07, 6.45) is 0.685. The first-order chi connectivity index (χ1) is 9.51. The zero-order chi connectivity index (χ0) is 14.7. The second-order valence-corrected chi connectivity index (χ2v) is 6.64. The fourth-order valence-electron chi connectivity index (χ4n) is 2.07. The Labute approximate surface area is 139 Å². The molecule has 0 heterocycles. The molecule has 2 rings (SSSR count). The number of likely N-dealkylation sites (N-methyl/N-ethyl adjacent to an activating group) is 1. The standard InChI is InChI=1S/C15H13Br2ClFN/c1-20-15(6-9-3-2-4-10(16)5-9)11-7-13(18)12(17)8-14(11)19/h2-5,7-8,15,20H,6H2,1H3. The van der Waals surface area contributed by atoms with Gasteiger partial charge in [0.1, 0.15) is 5.82 Å². The molecule has 2 aromatic carbocycles. The van der Waals surface area contributed by atoms with Gasteiger partial charge in [-0.05, 0) is 59.2 Å². The van der Waals surface area contributed by atoms with Crippen LogP contribution in [0.3, 0.4) is 0 Å². The highest BCUT2D eigenvalue weighted by Crippen LogP contribution is 2.30. The van der Waals surface area contributed by atoms with Crippen molar-refractivity contribution >= 4 is 43.5 Å². The lowest BCUT2D eigenvalue weighted by molar-refractivity contribution is 0.533. The molecule has 0 saturated heterocycles. The number of benzene rings is 2. The van der Waals surface area contributed by atoms with Crippen molar-refractivity contribution in [2.24, 2.45) is 0 Å². The summed E-state index contributed by atoms with van der Waals surface area (Å²) in [6, 6.07) is 10.9. The Morgan fingerprint density at radius 3 is 2.65 bits per heavy atom. The van der Waals surface area contributed by atoms with Crippen LogP contribution in [0.4, 0.5) is 4.39 Å². The molecule has 0 radical (unpaired) electrons. The van der Waals surface area contributed by atoms with Crippen molar-refractivity contribution in [2.75, 3.05) is 7.05 Å². The molecular formula is C15H13Br2ClFN. The Balaban J connectivity index is 2.31. The molecule has 1 atom stereocenters. The van der Waals surface area contributed by atoms with E-state index in [-0.39, 0.29) is 11.9 Å². The predicted molar refractivity (Wildman–Crippen MR) is 88.8 cm³/mol. The third kappa shape index (κ3) is 3.82. The fraction of sp³-hybridized carbons (Fsp3) is 0.200. The zero-order valence-electron chi connectivity index (χ0n) is 10.8. The molecule has 0 bridgehead atoms. The van der Waals surface area contributed by atoms with Gasteiger partial charge in [-0.25, -0.2) is 4.39 Å². The Bertz CT molecular complexity index is 619. The maximum atomic E-state index is 14.1. The summed E-state index contributed by atoms with van der Waals surface area (Å²) in [5.74, 6) is -0.268. The molecule has 0 aliphatic rings. The summed E-state index contributed by atoms with van der Waals surface area (Å²) < 4.78 is 15.7. The van der Waals surface area contributed by atoms with Gasteiger partial charge in [-0.1, -0.05) is 39.7 Å². The van der Waals surface area contributed by atoms with Crippen molar-refractivity contribution in [2.45, 2.75) is 12.5 Å². The van der Waals surface area contributed by atoms with Crippen molar-refractivity contribution in [3.63, 3.8) is 0 Å². The lowest BCUT2D eigenvalue weighted by Crippen LogP contribution is -2.20. The molecule has 0 aliphatic heterocycles. The summed E-state index contributed by atoms with van der Waals surface area (Å²) in [6.45, 7) is 0. The van der Waals surface area contributed by atoms with E-state index in [1.165, 1.54) is 6.07 Å². The molecule has 106 valence electrons. The third-order valence-electron chi connectivity index (χ3n) is 3.09. The molecule has 1 unspecified atom stereocenters.